The van der Waals surface area contributed by atoms with Crippen LogP contribution in [-0.4, -0.2) is 69.8 Å². The van der Waals surface area contributed by atoms with Gasteiger partial charge in [0.05, 0.1) is 23.6 Å². The molecule has 2 saturated carbocycles. The van der Waals surface area contributed by atoms with Crippen molar-refractivity contribution in [3.05, 3.63) is 30.4 Å². The Kier molecular flexibility index (Phi) is 5.99. The van der Waals surface area contributed by atoms with Crippen molar-refractivity contribution in [2.45, 2.75) is 56.5 Å². The van der Waals surface area contributed by atoms with Gasteiger partial charge in [0.1, 0.15) is 6.73 Å². The van der Waals surface area contributed by atoms with Crippen LogP contribution >= 0.6 is 10.0 Å². The highest BCUT2D eigenvalue weighted by atomic mass is 32.3. The van der Waals surface area contributed by atoms with Gasteiger partial charge < -0.3 is 9.30 Å². The second kappa shape index (κ2) is 8.55. The first-order valence-electron chi connectivity index (χ1n) is 11.7. The monoisotopic (exact) mass is 493 g/mol. The van der Waals surface area contributed by atoms with Crippen molar-refractivity contribution >= 4 is 36.9 Å². The van der Waals surface area contributed by atoms with Gasteiger partial charge in [-0.25, -0.2) is 33.1 Å². The summed E-state index contributed by atoms with van der Waals surface area (Å²) in [5, 5.41) is -0.180. The number of ether oxygens (including phenoxy) is 1. The first-order valence-corrected chi connectivity index (χ1v) is 16.3. The van der Waals surface area contributed by atoms with Gasteiger partial charge >= 0.3 is 0 Å². The molecule has 1 N–H and O–H groups in total. The molecule has 3 aromatic heterocycles. The van der Waals surface area contributed by atoms with Crippen LogP contribution in [0.25, 0.3) is 16.8 Å². The van der Waals surface area contributed by atoms with Gasteiger partial charge in [0.25, 0.3) is 0 Å². The van der Waals surface area contributed by atoms with Crippen molar-refractivity contribution in [3.63, 3.8) is 0 Å². The van der Waals surface area contributed by atoms with Crippen molar-refractivity contribution in [1.82, 2.24) is 23.7 Å². The topological polar surface area (TPSA) is 90.5 Å². The predicted molar refractivity (Wildman–Crippen MR) is 135 cm³/mol. The van der Waals surface area contributed by atoms with Gasteiger partial charge in [0.2, 0.25) is 10.0 Å². The van der Waals surface area contributed by atoms with Crippen LogP contribution in [0.3, 0.4) is 0 Å². The molecular formula is C23H35N5O3S2. The summed E-state index contributed by atoms with van der Waals surface area (Å²) in [6.07, 6.45) is 15.9. The second-order valence-corrected chi connectivity index (χ2v) is 17.2. The number of nitrogens with zero attached hydrogens (tertiary/aromatic N) is 4. The Morgan fingerprint density at radius 3 is 2.67 bits per heavy atom. The van der Waals surface area contributed by atoms with E-state index in [0.29, 0.717) is 12.6 Å². The van der Waals surface area contributed by atoms with Gasteiger partial charge in [-0.2, -0.15) is 0 Å². The molecule has 2 fully saturated rings. The molecule has 3 atom stereocenters. The van der Waals surface area contributed by atoms with E-state index in [-0.39, 0.29) is 17.2 Å². The Morgan fingerprint density at radius 1 is 1.15 bits per heavy atom. The number of sulfonamides is 1. The third-order valence-corrected chi connectivity index (χ3v) is 10.3. The van der Waals surface area contributed by atoms with Crippen molar-refractivity contribution in [2.24, 2.45) is 5.92 Å². The van der Waals surface area contributed by atoms with Crippen molar-refractivity contribution in [2.75, 3.05) is 31.1 Å². The van der Waals surface area contributed by atoms with E-state index in [4.69, 9.17) is 4.74 Å². The van der Waals surface area contributed by atoms with E-state index in [1.54, 1.807) is 0 Å². The van der Waals surface area contributed by atoms with Gasteiger partial charge in [-0.3, -0.25) is 4.40 Å². The molecule has 3 aromatic rings. The van der Waals surface area contributed by atoms with E-state index in [2.05, 4.69) is 50.8 Å². The van der Waals surface area contributed by atoms with Crippen LogP contribution in [0.2, 0.25) is 0 Å². The molecule has 8 nitrogen and oxygen atoms in total. The highest BCUT2D eigenvalue weighted by Crippen LogP contribution is 2.41. The molecule has 2 aliphatic carbocycles. The lowest BCUT2D eigenvalue weighted by atomic mass is 9.95. The molecule has 10 heteroatoms. The number of hydrogen-bond acceptors (Lipinski definition) is 5. The highest BCUT2D eigenvalue weighted by Gasteiger charge is 2.41. The summed E-state index contributed by atoms with van der Waals surface area (Å²) in [5.74, 6) is 1.69. The van der Waals surface area contributed by atoms with Gasteiger partial charge in [-0.15, -0.1) is 0 Å². The molecule has 0 aliphatic heterocycles. The van der Waals surface area contributed by atoms with Crippen LogP contribution in [0.4, 0.5) is 0 Å². The van der Waals surface area contributed by atoms with Gasteiger partial charge in [0, 0.05) is 35.8 Å². The highest BCUT2D eigenvalue weighted by molar-refractivity contribution is 8.32. The Hall–Kier alpha value is -1.62. The summed E-state index contributed by atoms with van der Waals surface area (Å²) < 4.78 is 38.1. The van der Waals surface area contributed by atoms with Crippen molar-refractivity contribution < 1.29 is 13.2 Å². The number of imidazole rings is 1. The summed E-state index contributed by atoms with van der Waals surface area (Å²) in [6, 6.07) is 2.06. The minimum atomic E-state index is -3.18. The molecule has 0 amide bonds. The maximum Gasteiger partial charge on any atom is 0.214 e. The Labute approximate surface area is 197 Å². The van der Waals surface area contributed by atoms with E-state index in [1.165, 1.54) is 0 Å². The van der Waals surface area contributed by atoms with E-state index in [0.717, 1.165) is 60.5 Å². The molecule has 5 rings (SSSR count). The number of nitrogens with one attached hydrogen (secondary N) is 1. The Balaban J connectivity index is 1.37. The lowest BCUT2D eigenvalue weighted by Crippen LogP contribution is -2.35. The third kappa shape index (κ3) is 4.80. The SMILES string of the molecule is CC1CC(NS(=O)(=O)C2CC2)CC1c1cnc2cnc3c(ccn3COCCS(C)(C)C)n12. The summed E-state index contributed by atoms with van der Waals surface area (Å²) in [5.41, 5.74) is 3.84. The van der Waals surface area contributed by atoms with Crippen molar-refractivity contribution in [1.29, 1.82) is 0 Å². The lowest BCUT2D eigenvalue weighted by molar-refractivity contribution is 0.0923. The largest absolute Gasteiger partial charge is 0.360 e. The van der Waals surface area contributed by atoms with E-state index in [1.807, 2.05) is 23.2 Å². The van der Waals surface area contributed by atoms with Gasteiger partial charge in [-0.05, 0) is 56.4 Å². The van der Waals surface area contributed by atoms with Crippen LogP contribution in [0.5, 0.6) is 0 Å². The third-order valence-electron chi connectivity index (χ3n) is 6.90. The van der Waals surface area contributed by atoms with Crippen LogP contribution in [0.15, 0.2) is 24.7 Å². The maximum atomic E-state index is 12.5. The minimum Gasteiger partial charge on any atom is -0.360 e. The number of fused-ring (bicyclic) bond motifs is 3. The first kappa shape index (κ1) is 23.1. The quantitative estimate of drug-likeness (QED) is 0.462. The van der Waals surface area contributed by atoms with Crippen LogP contribution in [0.1, 0.15) is 44.2 Å². The Morgan fingerprint density at radius 2 is 1.94 bits per heavy atom. The summed E-state index contributed by atoms with van der Waals surface area (Å²) in [7, 11) is -3.75. The fraction of sp³-hybridized carbons (Fsp3) is 0.652. The average molecular weight is 494 g/mol. The molecule has 0 bridgehead atoms. The molecule has 3 heterocycles. The molecule has 0 radical (unpaired) electrons. The molecule has 0 aromatic carbocycles. The predicted octanol–water partition coefficient (Wildman–Crippen LogP) is 3.32. The Bertz CT molecular complexity index is 1260. The second-order valence-electron chi connectivity index (χ2n) is 10.6. The number of rotatable bonds is 9. The normalized spacial score (nSPS) is 24.8. The summed E-state index contributed by atoms with van der Waals surface area (Å²) in [6.45, 7) is 3.44. The van der Waals surface area contributed by atoms with Crippen molar-refractivity contribution in [3.8, 4) is 0 Å². The zero-order valence-corrected chi connectivity index (χ0v) is 21.5. The molecule has 0 saturated heterocycles. The van der Waals surface area contributed by atoms with Crippen LogP contribution < -0.4 is 4.72 Å². The van der Waals surface area contributed by atoms with Gasteiger partial charge in [-0.1, -0.05) is 6.92 Å². The standard InChI is InChI=1S/C23H35N5O3S2/c1-16-11-17(26-33(29,30)18-5-6-18)12-19(16)21-13-24-22-14-25-23-20(28(21)22)7-8-27(23)15-31-9-10-32(2,3)4/h7-8,13-14,16-19,26H,5-6,9-12,15H2,1-4H3. The summed E-state index contributed by atoms with van der Waals surface area (Å²) in [4.78, 5) is 9.28. The lowest BCUT2D eigenvalue weighted by Gasteiger charge is -2.24. The molecule has 0 spiro atoms. The smallest absolute Gasteiger partial charge is 0.214 e. The number of aromatic nitrogens is 4. The fourth-order valence-corrected chi connectivity index (χ4v) is 7.15. The zero-order chi connectivity index (χ0) is 23.4. The van der Waals surface area contributed by atoms with E-state index < -0.39 is 20.1 Å². The summed E-state index contributed by atoms with van der Waals surface area (Å²) >= 11 is 0. The molecular weight excluding hydrogens is 458 g/mol. The van der Waals surface area contributed by atoms with Gasteiger partial charge in [0.15, 0.2) is 11.3 Å². The van der Waals surface area contributed by atoms with Crippen LogP contribution in [0, 0.1) is 5.92 Å². The van der Waals surface area contributed by atoms with E-state index in [9.17, 15) is 8.42 Å². The molecule has 3 unspecified atom stereocenters. The molecule has 33 heavy (non-hydrogen) atoms. The average Bonchev–Trinajstić information content (AvgIpc) is 3.26. The minimum absolute atomic E-state index is 0.0126. The maximum absolute atomic E-state index is 12.5. The van der Waals surface area contributed by atoms with E-state index >= 15 is 0 Å². The first-order chi connectivity index (χ1) is 15.6. The molecule has 2 aliphatic rings. The van der Waals surface area contributed by atoms with Crippen LogP contribution in [-0.2, 0) is 21.5 Å². The zero-order valence-electron chi connectivity index (χ0n) is 19.9. The number of hydrogen-bond donors (Lipinski definition) is 1. The fourth-order valence-electron chi connectivity index (χ4n) is 4.92. The molecule has 182 valence electrons.